The summed E-state index contributed by atoms with van der Waals surface area (Å²) in [6.07, 6.45) is 1.54. The van der Waals surface area contributed by atoms with E-state index in [-0.39, 0.29) is 6.61 Å². The van der Waals surface area contributed by atoms with Gasteiger partial charge in [-0.05, 0) is 49.4 Å². The second-order valence-electron chi connectivity index (χ2n) is 5.34. The zero-order valence-electron chi connectivity index (χ0n) is 13.9. The van der Waals surface area contributed by atoms with E-state index in [2.05, 4.69) is 20.6 Å². The van der Waals surface area contributed by atoms with Crippen LogP contribution in [0.5, 0.6) is 0 Å². The van der Waals surface area contributed by atoms with Gasteiger partial charge in [0.25, 0.3) is 0 Å². The Morgan fingerprint density at radius 3 is 2.35 bits per heavy atom. The predicted octanol–water partition coefficient (Wildman–Crippen LogP) is 2.32. The number of carbonyl (C=O) groups is 3. The van der Waals surface area contributed by atoms with Crippen molar-refractivity contribution in [3.63, 3.8) is 0 Å². The van der Waals surface area contributed by atoms with Gasteiger partial charge in [0.05, 0.1) is 29.5 Å². The molecule has 0 aliphatic heterocycles. The van der Waals surface area contributed by atoms with Crippen LogP contribution in [0.15, 0.2) is 48.8 Å². The number of rotatable bonds is 4. The highest BCUT2D eigenvalue weighted by atomic mass is 16.5. The summed E-state index contributed by atoms with van der Waals surface area (Å²) in [5.41, 5.74) is 2.73. The molecular formula is C18H16N4O4. The average molecular weight is 352 g/mol. The number of fused-ring (bicyclic) bond motifs is 1. The van der Waals surface area contributed by atoms with Gasteiger partial charge in [-0.3, -0.25) is 9.59 Å². The van der Waals surface area contributed by atoms with Gasteiger partial charge in [0.15, 0.2) is 0 Å². The van der Waals surface area contributed by atoms with Crippen LogP contribution in [-0.2, 0) is 14.3 Å². The molecule has 8 nitrogen and oxygen atoms in total. The van der Waals surface area contributed by atoms with Crippen molar-refractivity contribution in [1.29, 1.82) is 0 Å². The zero-order valence-corrected chi connectivity index (χ0v) is 13.9. The highest BCUT2D eigenvalue weighted by molar-refractivity contribution is 6.43. The molecule has 0 radical (unpaired) electrons. The fourth-order valence-corrected chi connectivity index (χ4v) is 2.29. The Hall–Kier alpha value is -3.68. The van der Waals surface area contributed by atoms with Crippen LogP contribution in [0.3, 0.4) is 0 Å². The number of hydrogen-bond donors (Lipinski definition) is 3. The highest BCUT2D eigenvalue weighted by Crippen LogP contribution is 2.16. The third kappa shape index (κ3) is 3.86. The average Bonchev–Trinajstić information content (AvgIpc) is 3.10. The predicted molar refractivity (Wildman–Crippen MR) is 95.8 cm³/mol. The minimum atomic E-state index is -0.821. The van der Waals surface area contributed by atoms with Gasteiger partial charge < -0.3 is 20.4 Å². The van der Waals surface area contributed by atoms with Crippen molar-refractivity contribution in [2.75, 3.05) is 17.2 Å². The number of aromatic amines is 1. The Balaban J connectivity index is 1.61. The van der Waals surface area contributed by atoms with E-state index in [0.717, 1.165) is 11.0 Å². The minimum absolute atomic E-state index is 0.280. The Morgan fingerprint density at radius 1 is 1.00 bits per heavy atom. The van der Waals surface area contributed by atoms with Crippen molar-refractivity contribution in [2.24, 2.45) is 0 Å². The van der Waals surface area contributed by atoms with Crippen LogP contribution in [0.1, 0.15) is 17.3 Å². The summed E-state index contributed by atoms with van der Waals surface area (Å²) in [6.45, 7) is 2.00. The van der Waals surface area contributed by atoms with E-state index >= 15 is 0 Å². The molecule has 2 aromatic carbocycles. The molecule has 0 saturated heterocycles. The molecule has 132 valence electrons. The van der Waals surface area contributed by atoms with Gasteiger partial charge in [0.1, 0.15) is 0 Å². The summed E-state index contributed by atoms with van der Waals surface area (Å²) < 4.78 is 4.88. The molecule has 3 aromatic rings. The lowest BCUT2D eigenvalue weighted by molar-refractivity contribution is -0.132. The number of nitrogens with one attached hydrogen (secondary N) is 3. The van der Waals surface area contributed by atoms with E-state index in [9.17, 15) is 14.4 Å². The fraction of sp³-hybridized carbons (Fsp3) is 0.111. The normalized spacial score (nSPS) is 10.3. The van der Waals surface area contributed by atoms with Gasteiger partial charge in [-0.1, -0.05) is 0 Å². The first-order valence-electron chi connectivity index (χ1n) is 7.89. The van der Waals surface area contributed by atoms with Gasteiger partial charge in [-0.2, -0.15) is 0 Å². The summed E-state index contributed by atoms with van der Waals surface area (Å²) in [7, 11) is 0. The summed E-state index contributed by atoms with van der Waals surface area (Å²) >= 11 is 0. The van der Waals surface area contributed by atoms with Crippen molar-refractivity contribution in [2.45, 2.75) is 6.92 Å². The number of H-pyrrole nitrogens is 1. The molecule has 26 heavy (non-hydrogen) atoms. The molecule has 0 aliphatic rings. The lowest BCUT2D eigenvalue weighted by Crippen LogP contribution is -2.29. The third-order valence-electron chi connectivity index (χ3n) is 3.54. The van der Waals surface area contributed by atoms with E-state index in [0.29, 0.717) is 16.9 Å². The van der Waals surface area contributed by atoms with Crippen molar-refractivity contribution in [1.82, 2.24) is 9.97 Å². The van der Waals surface area contributed by atoms with Gasteiger partial charge in [0.2, 0.25) is 0 Å². The molecule has 0 bridgehead atoms. The van der Waals surface area contributed by atoms with E-state index in [1.807, 2.05) is 0 Å². The van der Waals surface area contributed by atoms with Crippen molar-refractivity contribution >= 4 is 40.2 Å². The minimum Gasteiger partial charge on any atom is -0.462 e. The third-order valence-corrected chi connectivity index (χ3v) is 3.54. The Morgan fingerprint density at radius 2 is 1.65 bits per heavy atom. The highest BCUT2D eigenvalue weighted by Gasteiger charge is 2.15. The van der Waals surface area contributed by atoms with Crippen LogP contribution in [-0.4, -0.2) is 34.4 Å². The second kappa shape index (κ2) is 7.47. The topological polar surface area (TPSA) is 113 Å². The van der Waals surface area contributed by atoms with Crippen molar-refractivity contribution in [3.8, 4) is 0 Å². The Bertz CT molecular complexity index is 963. The Kier molecular flexibility index (Phi) is 4.93. The number of hydrogen-bond acceptors (Lipinski definition) is 5. The first-order chi connectivity index (χ1) is 12.6. The lowest BCUT2D eigenvalue weighted by atomic mass is 10.2. The van der Waals surface area contributed by atoms with Crippen LogP contribution < -0.4 is 10.6 Å². The summed E-state index contributed by atoms with van der Waals surface area (Å²) in [6, 6.07) is 11.1. The van der Waals surface area contributed by atoms with Crippen molar-refractivity contribution in [3.05, 3.63) is 54.4 Å². The standard InChI is InChI=1S/C18H16N4O4/c1-2-26-18(25)11-3-5-12(6-4-11)21-16(23)17(24)22-13-7-8-14-15(9-13)20-10-19-14/h3-10H,2H2,1H3,(H,19,20)(H,21,23)(H,22,24). The Labute approximate surface area is 148 Å². The molecule has 2 amide bonds. The summed E-state index contributed by atoms with van der Waals surface area (Å²) in [5, 5.41) is 4.99. The number of anilines is 2. The molecule has 8 heteroatoms. The van der Waals surface area contributed by atoms with Crippen LogP contribution in [0, 0.1) is 0 Å². The van der Waals surface area contributed by atoms with E-state index in [1.54, 1.807) is 31.5 Å². The number of amides is 2. The number of benzene rings is 2. The van der Waals surface area contributed by atoms with Crippen LogP contribution in [0.2, 0.25) is 0 Å². The maximum Gasteiger partial charge on any atom is 0.338 e. The van der Waals surface area contributed by atoms with E-state index in [4.69, 9.17) is 4.74 Å². The molecule has 0 spiro atoms. The molecule has 0 aliphatic carbocycles. The number of aromatic nitrogens is 2. The number of carbonyl (C=O) groups excluding carboxylic acids is 3. The van der Waals surface area contributed by atoms with E-state index < -0.39 is 17.8 Å². The lowest BCUT2D eigenvalue weighted by Gasteiger charge is -2.07. The number of imidazole rings is 1. The van der Waals surface area contributed by atoms with Gasteiger partial charge in [0, 0.05) is 11.4 Å². The SMILES string of the molecule is CCOC(=O)c1ccc(NC(=O)C(=O)Nc2ccc3nc[nH]c3c2)cc1. The summed E-state index contributed by atoms with van der Waals surface area (Å²) in [4.78, 5) is 42.6. The van der Waals surface area contributed by atoms with Gasteiger partial charge in [-0.15, -0.1) is 0 Å². The van der Waals surface area contributed by atoms with Crippen LogP contribution in [0.25, 0.3) is 11.0 Å². The number of esters is 1. The molecular weight excluding hydrogens is 336 g/mol. The second-order valence-corrected chi connectivity index (χ2v) is 5.34. The molecule has 1 heterocycles. The molecule has 0 unspecified atom stereocenters. The van der Waals surface area contributed by atoms with Gasteiger partial charge >= 0.3 is 17.8 Å². The number of ether oxygens (including phenoxy) is 1. The molecule has 0 atom stereocenters. The molecule has 0 saturated carbocycles. The molecule has 3 rings (SSSR count). The fourth-order valence-electron chi connectivity index (χ4n) is 2.29. The monoisotopic (exact) mass is 352 g/mol. The number of nitrogens with zero attached hydrogens (tertiary/aromatic N) is 1. The first kappa shape index (κ1) is 17.2. The quantitative estimate of drug-likeness (QED) is 0.493. The van der Waals surface area contributed by atoms with Crippen LogP contribution >= 0.6 is 0 Å². The molecule has 1 aromatic heterocycles. The smallest absolute Gasteiger partial charge is 0.338 e. The van der Waals surface area contributed by atoms with E-state index in [1.165, 1.54) is 24.3 Å². The largest absolute Gasteiger partial charge is 0.462 e. The first-order valence-corrected chi connectivity index (χ1v) is 7.89. The van der Waals surface area contributed by atoms with Crippen molar-refractivity contribution < 1.29 is 19.1 Å². The summed E-state index contributed by atoms with van der Waals surface area (Å²) in [5.74, 6) is -2.07. The molecule has 3 N–H and O–H groups in total. The van der Waals surface area contributed by atoms with Gasteiger partial charge in [-0.25, -0.2) is 9.78 Å². The molecule has 0 fully saturated rings. The zero-order chi connectivity index (χ0) is 18.5. The maximum atomic E-state index is 12.0. The maximum absolute atomic E-state index is 12.0. The van der Waals surface area contributed by atoms with Crippen LogP contribution in [0.4, 0.5) is 11.4 Å².